The average Bonchev–Trinajstić information content (AvgIpc) is 3.57. The van der Waals surface area contributed by atoms with Crippen LogP contribution in [0.3, 0.4) is 0 Å². The molecule has 1 aromatic heterocycles. The number of hydrogen-bond acceptors (Lipinski definition) is 0. The van der Waals surface area contributed by atoms with Crippen LogP contribution in [-0.2, 0) is 6.42 Å². The van der Waals surface area contributed by atoms with Gasteiger partial charge < -0.3 is 0 Å². The maximum absolute atomic E-state index is 2.52. The molecule has 0 radical (unpaired) electrons. The number of fused-ring (bicyclic) bond motifs is 7. The second-order valence-electron chi connectivity index (χ2n) is 13.8. The fraction of sp³-hybridized carbons (Fsp3) is 0.0800. The molecule has 0 unspecified atom stereocenters. The van der Waals surface area contributed by atoms with Crippen LogP contribution in [0.4, 0.5) is 0 Å². The first-order valence-corrected chi connectivity index (χ1v) is 19.9. The summed E-state index contributed by atoms with van der Waals surface area (Å²) >= 11 is 0.157. The first-order valence-electron chi connectivity index (χ1n) is 18.2. The Labute approximate surface area is 304 Å². The van der Waals surface area contributed by atoms with Gasteiger partial charge in [0, 0.05) is 0 Å². The van der Waals surface area contributed by atoms with Crippen molar-refractivity contribution in [3.8, 4) is 33.4 Å². The predicted molar refractivity (Wildman–Crippen MR) is 223 cm³/mol. The molecular weight excluding hydrogens is 680 g/mol. The van der Waals surface area contributed by atoms with Gasteiger partial charge in [-0.3, -0.25) is 0 Å². The van der Waals surface area contributed by atoms with Gasteiger partial charge in [0.15, 0.2) is 0 Å². The van der Waals surface area contributed by atoms with E-state index in [4.69, 9.17) is 0 Å². The molecule has 242 valence electrons. The molecule has 51 heavy (non-hydrogen) atoms. The molecule has 0 saturated heterocycles. The second-order valence-corrected chi connectivity index (χ2v) is 16.0. The van der Waals surface area contributed by atoms with Gasteiger partial charge in [0.05, 0.1) is 0 Å². The van der Waals surface area contributed by atoms with Crippen LogP contribution in [0, 0.1) is 0 Å². The van der Waals surface area contributed by atoms with E-state index in [0.29, 0.717) is 0 Å². The molecular formula is C50H36Se. The van der Waals surface area contributed by atoms with E-state index in [9.17, 15) is 0 Å². The molecule has 0 fully saturated rings. The Morgan fingerprint density at radius 2 is 0.882 bits per heavy atom. The minimum absolute atomic E-state index is 0.157. The monoisotopic (exact) mass is 716 g/mol. The van der Waals surface area contributed by atoms with Gasteiger partial charge in [-0.15, -0.1) is 0 Å². The Morgan fingerprint density at radius 3 is 1.47 bits per heavy atom. The van der Waals surface area contributed by atoms with E-state index in [1.54, 1.807) is 0 Å². The van der Waals surface area contributed by atoms with Gasteiger partial charge in [-0.25, -0.2) is 0 Å². The molecule has 0 bridgehead atoms. The number of benzene rings is 9. The van der Waals surface area contributed by atoms with Crippen molar-refractivity contribution in [3.63, 3.8) is 0 Å². The molecule has 0 N–H and O–H groups in total. The van der Waals surface area contributed by atoms with Crippen molar-refractivity contribution in [2.45, 2.75) is 26.2 Å². The van der Waals surface area contributed by atoms with Crippen molar-refractivity contribution in [3.05, 3.63) is 169 Å². The van der Waals surface area contributed by atoms with E-state index in [2.05, 4.69) is 171 Å². The quantitative estimate of drug-likeness (QED) is 0.119. The first-order chi connectivity index (χ1) is 25.3. The molecule has 0 amide bonds. The van der Waals surface area contributed by atoms with Crippen molar-refractivity contribution < 1.29 is 0 Å². The molecule has 0 saturated carbocycles. The molecule has 1 heterocycles. The summed E-state index contributed by atoms with van der Waals surface area (Å²) in [6, 6.07) is 61.5. The number of aryl methyl sites for hydroxylation is 1. The zero-order valence-corrected chi connectivity index (χ0v) is 30.3. The van der Waals surface area contributed by atoms with Crippen LogP contribution in [0.25, 0.3) is 95.8 Å². The van der Waals surface area contributed by atoms with Gasteiger partial charge in [0.1, 0.15) is 0 Å². The van der Waals surface area contributed by atoms with E-state index in [0.717, 1.165) is 6.42 Å². The topological polar surface area (TPSA) is 0 Å². The molecule has 0 aliphatic rings. The summed E-state index contributed by atoms with van der Waals surface area (Å²) in [5, 5.41) is 13.5. The van der Waals surface area contributed by atoms with Crippen molar-refractivity contribution in [2.75, 3.05) is 0 Å². The summed E-state index contributed by atoms with van der Waals surface area (Å²) in [7, 11) is 0. The third-order valence-electron chi connectivity index (χ3n) is 10.9. The Hall–Kier alpha value is -5.46. The Balaban J connectivity index is 1.23. The Morgan fingerprint density at radius 1 is 0.392 bits per heavy atom. The van der Waals surface area contributed by atoms with Gasteiger partial charge in [-0.2, -0.15) is 0 Å². The van der Waals surface area contributed by atoms with Gasteiger partial charge in [-0.05, 0) is 0 Å². The van der Waals surface area contributed by atoms with Crippen molar-refractivity contribution >= 4 is 76.9 Å². The fourth-order valence-corrected chi connectivity index (χ4v) is 11.3. The molecule has 9 aromatic carbocycles. The van der Waals surface area contributed by atoms with Crippen LogP contribution in [0.1, 0.15) is 25.3 Å². The summed E-state index contributed by atoms with van der Waals surface area (Å²) < 4.78 is 2.96. The number of hydrogen-bond donors (Lipinski definition) is 0. The molecule has 0 spiro atoms. The van der Waals surface area contributed by atoms with Crippen molar-refractivity contribution in [1.82, 2.24) is 0 Å². The maximum atomic E-state index is 2.52. The van der Waals surface area contributed by atoms with Crippen LogP contribution in [0.15, 0.2) is 164 Å². The van der Waals surface area contributed by atoms with Crippen LogP contribution in [-0.4, -0.2) is 14.5 Å². The third kappa shape index (κ3) is 4.80. The summed E-state index contributed by atoms with van der Waals surface area (Å²) in [6.07, 6.45) is 3.51. The minimum atomic E-state index is 0.157. The van der Waals surface area contributed by atoms with Crippen LogP contribution in [0.5, 0.6) is 0 Å². The summed E-state index contributed by atoms with van der Waals surface area (Å²) in [4.78, 5) is 0. The summed E-state index contributed by atoms with van der Waals surface area (Å²) in [5.41, 5.74) is 9.48. The predicted octanol–water partition coefficient (Wildman–Crippen LogP) is 14.0. The average molecular weight is 716 g/mol. The molecule has 10 rings (SSSR count). The Kier molecular flexibility index (Phi) is 7.38. The van der Waals surface area contributed by atoms with Crippen LogP contribution >= 0.6 is 0 Å². The van der Waals surface area contributed by atoms with Gasteiger partial charge >= 0.3 is 306 Å². The van der Waals surface area contributed by atoms with Gasteiger partial charge in [0.25, 0.3) is 0 Å². The third-order valence-corrected chi connectivity index (χ3v) is 13.4. The fourth-order valence-electron chi connectivity index (χ4n) is 8.64. The van der Waals surface area contributed by atoms with Crippen LogP contribution < -0.4 is 0 Å². The molecule has 0 aliphatic carbocycles. The first kappa shape index (κ1) is 30.4. The van der Waals surface area contributed by atoms with Crippen LogP contribution in [0.2, 0.25) is 0 Å². The Bertz CT molecular complexity index is 2830. The van der Waals surface area contributed by atoms with Gasteiger partial charge in [0.2, 0.25) is 0 Å². The standard InChI is InChI=1S/C50H36Se/c1-2-3-18-34-35-19-7-9-21-38(35)48(39-22-10-8-20-36(34)39)33-29-30-37-44-27-15-28-45(50(44)51-46(37)31-33)49-42-25-13-11-23-40(42)47(32-16-5-4-6-17-32)41-24-12-14-26-43(41)49/h4-17,19-31H,2-3,18H2,1H3. The molecule has 1 heteroatoms. The zero-order valence-electron chi connectivity index (χ0n) is 28.6. The van der Waals surface area contributed by atoms with E-state index >= 15 is 0 Å². The van der Waals surface area contributed by atoms with Crippen molar-refractivity contribution in [1.29, 1.82) is 0 Å². The number of rotatable bonds is 6. The number of unbranched alkanes of at least 4 members (excludes halogenated alkanes) is 1. The summed E-state index contributed by atoms with van der Waals surface area (Å²) in [6.45, 7) is 2.29. The summed E-state index contributed by atoms with van der Waals surface area (Å²) in [5.74, 6) is 0. The molecule has 0 aliphatic heterocycles. The van der Waals surface area contributed by atoms with E-state index in [1.165, 1.54) is 114 Å². The van der Waals surface area contributed by atoms with E-state index in [-0.39, 0.29) is 14.5 Å². The molecule has 0 atom stereocenters. The zero-order chi connectivity index (χ0) is 33.9. The molecule has 10 aromatic rings. The van der Waals surface area contributed by atoms with E-state index < -0.39 is 0 Å². The van der Waals surface area contributed by atoms with Gasteiger partial charge in [-0.1, -0.05) is 0 Å². The SMILES string of the molecule is CCCCc1c2ccccc2c(-c2ccc3c(c2)[se]c2c(-c4c5ccccc5c(-c5ccccc5)c5ccccc45)cccc23)c2ccccc12. The molecule has 0 nitrogen and oxygen atoms in total. The van der Waals surface area contributed by atoms with Crippen molar-refractivity contribution in [2.24, 2.45) is 0 Å². The van der Waals surface area contributed by atoms with E-state index in [1.807, 2.05) is 0 Å². The second kappa shape index (κ2) is 12.4. The normalized spacial score (nSPS) is 11.9.